The summed E-state index contributed by atoms with van der Waals surface area (Å²) in [6, 6.07) is 0. The van der Waals surface area contributed by atoms with Crippen LogP contribution in [0, 0.1) is 5.41 Å². The van der Waals surface area contributed by atoms with Crippen molar-refractivity contribution in [3.05, 3.63) is 0 Å². The quantitative estimate of drug-likeness (QED) is 0.656. The van der Waals surface area contributed by atoms with E-state index in [0.29, 0.717) is 5.91 Å². The number of nitrogens with one attached hydrogen (secondary N) is 1. The SMILES string of the molecule is NC1(C2(C(=O)N3CCNCC3)CC2)CC1. The molecule has 3 fully saturated rings. The van der Waals surface area contributed by atoms with Crippen molar-refractivity contribution in [2.75, 3.05) is 26.2 Å². The summed E-state index contributed by atoms with van der Waals surface area (Å²) in [5.74, 6) is 0.337. The van der Waals surface area contributed by atoms with Crippen molar-refractivity contribution in [3.8, 4) is 0 Å². The van der Waals surface area contributed by atoms with Crippen molar-refractivity contribution < 1.29 is 4.79 Å². The zero-order valence-electron chi connectivity index (χ0n) is 9.09. The van der Waals surface area contributed by atoms with Gasteiger partial charge in [-0.3, -0.25) is 4.79 Å². The number of hydrogen-bond acceptors (Lipinski definition) is 3. The van der Waals surface area contributed by atoms with Crippen molar-refractivity contribution in [1.29, 1.82) is 0 Å². The van der Waals surface area contributed by atoms with Gasteiger partial charge in [0.05, 0.1) is 5.41 Å². The molecule has 0 radical (unpaired) electrons. The zero-order chi connectivity index (χ0) is 10.5. The highest BCUT2D eigenvalue weighted by Gasteiger charge is 2.68. The van der Waals surface area contributed by atoms with Gasteiger partial charge in [0, 0.05) is 31.7 Å². The fourth-order valence-electron chi connectivity index (χ4n) is 2.83. The second-order valence-corrected chi connectivity index (χ2v) is 5.28. The molecule has 4 heteroatoms. The molecule has 2 aliphatic carbocycles. The lowest BCUT2D eigenvalue weighted by molar-refractivity contribution is -0.138. The van der Waals surface area contributed by atoms with Crippen molar-refractivity contribution in [2.24, 2.45) is 11.1 Å². The molecule has 3 aliphatic rings. The van der Waals surface area contributed by atoms with Crippen LogP contribution in [0.4, 0.5) is 0 Å². The number of amides is 1. The number of carbonyl (C=O) groups is 1. The van der Waals surface area contributed by atoms with Crippen LogP contribution in [-0.4, -0.2) is 42.5 Å². The minimum absolute atomic E-state index is 0.130. The van der Waals surface area contributed by atoms with Gasteiger partial charge in [0.2, 0.25) is 5.91 Å². The van der Waals surface area contributed by atoms with Gasteiger partial charge in [0.25, 0.3) is 0 Å². The number of rotatable bonds is 2. The Bertz CT molecular complexity index is 288. The normalized spacial score (nSPS) is 31.1. The van der Waals surface area contributed by atoms with Gasteiger partial charge in [0.1, 0.15) is 0 Å². The molecule has 0 aromatic carbocycles. The van der Waals surface area contributed by atoms with Gasteiger partial charge >= 0.3 is 0 Å². The van der Waals surface area contributed by atoms with Crippen molar-refractivity contribution in [1.82, 2.24) is 10.2 Å². The van der Waals surface area contributed by atoms with Gasteiger partial charge in [-0.1, -0.05) is 0 Å². The van der Waals surface area contributed by atoms with E-state index in [1.807, 2.05) is 4.90 Å². The van der Waals surface area contributed by atoms with Gasteiger partial charge in [-0.05, 0) is 25.7 Å². The molecule has 1 amide bonds. The van der Waals surface area contributed by atoms with Gasteiger partial charge in [-0.25, -0.2) is 0 Å². The molecular weight excluding hydrogens is 190 g/mol. The van der Waals surface area contributed by atoms with Crippen LogP contribution in [0.5, 0.6) is 0 Å². The predicted molar refractivity (Wildman–Crippen MR) is 57.3 cm³/mol. The fourth-order valence-corrected chi connectivity index (χ4v) is 2.83. The van der Waals surface area contributed by atoms with E-state index in [2.05, 4.69) is 5.32 Å². The van der Waals surface area contributed by atoms with E-state index in [1.165, 1.54) is 0 Å². The van der Waals surface area contributed by atoms with Crippen LogP contribution in [-0.2, 0) is 4.79 Å². The Labute approximate surface area is 90.2 Å². The summed E-state index contributed by atoms with van der Waals surface area (Å²) in [6.45, 7) is 3.58. The molecule has 84 valence electrons. The highest BCUT2D eigenvalue weighted by molar-refractivity contribution is 5.88. The lowest BCUT2D eigenvalue weighted by atomic mass is 9.92. The van der Waals surface area contributed by atoms with E-state index in [4.69, 9.17) is 5.73 Å². The van der Waals surface area contributed by atoms with Crippen molar-refractivity contribution in [3.63, 3.8) is 0 Å². The Kier molecular flexibility index (Phi) is 1.89. The number of hydrogen-bond donors (Lipinski definition) is 2. The maximum atomic E-state index is 12.4. The fraction of sp³-hybridized carbons (Fsp3) is 0.909. The molecule has 0 bridgehead atoms. The Morgan fingerprint density at radius 3 is 2.20 bits per heavy atom. The van der Waals surface area contributed by atoms with Crippen molar-refractivity contribution in [2.45, 2.75) is 31.2 Å². The first-order valence-corrected chi connectivity index (χ1v) is 5.97. The molecular formula is C11H19N3O. The maximum Gasteiger partial charge on any atom is 0.230 e. The lowest BCUT2D eigenvalue weighted by Crippen LogP contribution is -2.53. The Hall–Kier alpha value is -0.610. The minimum Gasteiger partial charge on any atom is -0.340 e. The summed E-state index contributed by atoms with van der Waals surface area (Å²) in [6.07, 6.45) is 4.13. The topological polar surface area (TPSA) is 58.4 Å². The molecule has 0 unspecified atom stereocenters. The summed E-state index contributed by atoms with van der Waals surface area (Å²) >= 11 is 0. The van der Waals surface area contributed by atoms with E-state index in [9.17, 15) is 4.79 Å². The van der Waals surface area contributed by atoms with E-state index < -0.39 is 0 Å². The maximum absolute atomic E-state index is 12.4. The Morgan fingerprint density at radius 1 is 1.13 bits per heavy atom. The van der Waals surface area contributed by atoms with Crippen LogP contribution >= 0.6 is 0 Å². The molecule has 0 atom stereocenters. The smallest absolute Gasteiger partial charge is 0.230 e. The minimum atomic E-state index is -0.148. The summed E-state index contributed by atoms with van der Waals surface area (Å²) in [4.78, 5) is 14.4. The van der Waals surface area contributed by atoms with Crippen LogP contribution in [0.15, 0.2) is 0 Å². The molecule has 3 rings (SSSR count). The van der Waals surface area contributed by atoms with Gasteiger partial charge in [-0.2, -0.15) is 0 Å². The number of nitrogens with two attached hydrogens (primary N) is 1. The van der Waals surface area contributed by atoms with Crippen LogP contribution in [0.1, 0.15) is 25.7 Å². The number of carbonyl (C=O) groups excluding carboxylic acids is 1. The van der Waals surface area contributed by atoms with Crippen LogP contribution in [0.25, 0.3) is 0 Å². The molecule has 0 spiro atoms. The molecule has 15 heavy (non-hydrogen) atoms. The summed E-state index contributed by atoms with van der Waals surface area (Å²) in [5.41, 5.74) is 5.95. The first kappa shape index (κ1) is 9.60. The van der Waals surface area contributed by atoms with Gasteiger partial charge < -0.3 is 16.0 Å². The average Bonchev–Trinajstić information content (AvgIpc) is 3.13. The van der Waals surface area contributed by atoms with Gasteiger partial charge in [0.15, 0.2) is 0 Å². The van der Waals surface area contributed by atoms with Gasteiger partial charge in [-0.15, -0.1) is 0 Å². The van der Waals surface area contributed by atoms with E-state index in [1.54, 1.807) is 0 Å². The lowest BCUT2D eigenvalue weighted by Gasteiger charge is -2.33. The molecule has 4 nitrogen and oxygen atoms in total. The van der Waals surface area contributed by atoms with Crippen LogP contribution in [0.3, 0.4) is 0 Å². The molecule has 1 aliphatic heterocycles. The van der Waals surface area contributed by atoms with E-state index in [0.717, 1.165) is 51.9 Å². The third kappa shape index (κ3) is 1.31. The first-order chi connectivity index (χ1) is 7.18. The Balaban J connectivity index is 1.73. The highest BCUT2D eigenvalue weighted by atomic mass is 16.2. The number of piperazine rings is 1. The third-order valence-electron chi connectivity index (χ3n) is 4.31. The second kappa shape index (κ2) is 2.95. The molecule has 1 heterocycles. The average molecular weight is 209 g/mol. The highest BCUT2D eigenvalue weighted by Crippen LogP contribution is 2.63. The van der Waals surface area contributed by atoms with Crippen LogP contribution in [0.2, 0.25) is 0 Å². The summed E-state index contributed by atoms with van der Waals surface area (Å²) < 4.78 is 0. The predicted octanol–water partition coefficient (Wildman–Crippen LogP) is -0.310. The second-order valence-electron chi connectivity index (χ2n) is 5.28. The molecule has 3 N–H and O–H groups in total. The first-order valence-electron chi connectivity index (χ1n) is 5.97. The molecule has 0 aromatic rings. The summed E-state index contributed by atoms with van der Waals surface area (Å²) in [7, 11) is 0. The monoisotopic (exact) mass is 209 g/mol. The van der Waals surface area contributed by atoms with Crippen molar-refractivity contribution >= 4 is 5.91 Å². The molecule has 0 aromatic heterocycles. The summed E-state index contributed by atoms with van der Waals surface area (Å²) in [5, 5.41) is 3.27. The Morgan fingerprint density at radius 2 is 1.73 bits per heavy atom. The molecule has 1 saturated heterocycles. The van der Waals surface area contributed by atoms with Crippen LogP contribution < -0.4 is 11.1 Å². The standard InChI is InChI=1S/C11H19N3O/c12-11(3-4-11)10(1-2-10)9(15)14-7-5-13-6-8-14/h13H,1-8,12H2. The zero-order valence-corrected chi connectivity index (χ0v) is 9.09. The third-order valence-corrected chi connectivity index (χ3v) is 4.31. The molecule has 2 saturated carbocycles. The van der Waals surface area contributed by atoms with E-state index >= 15 is 0 Å². The van der Waals surface area contributed by atoms with E-state index in [-0.39, 0.29) is 11.0 Å². The number of nitrogens with zero attached hydrogens (tertiary/aromatic N) is 1. The largest absolute Gasteiger partial charge is 0.340 e.